The first-order valence-corrected chi connectivity index (χ1v) is 7.62. The van der Waals surface area contributed by atoms with Crippen molar-refractivity contribution < 1.29 is 4.74 Å². The van der Waals surface area contributed by atoms with Crippen LogP contribution in [0.5, 0.6) is 0 Å². The third-order valence-electron chi connectivity index (χ3n) is 2.54. The van der Waals surface area contributed by atoms with Crippen molar-refractivity contribution in [2.45, 2.75) is 52.8 Å². The van der Waals surface area contributed by atoms with Crippen molar-refractivity contribution in [3.05, 3.63) is 11.1 Å². The first-order chi connectivity index (χ1) is 8.78. The van der Waals surface area contributed by atoms with E-state index in [1.165, 1.54) is 4.88 Å². The summed E-state index contributed by atoms with van der Waals surface area (Å²) in [4.78, 5) is 7.88. The lowest BCUT2D eigenvalue weighted by Gasteiger charge is -2.19. The summed E-state index contributed by atoms with van der Waals surface area (Å²) >= 11 is 1.74. The van der Waals surface area contributed by atoms with E-state index in [4.69, 9.17) is 4.74 Å². The molecule has 0 radical (unpaired) electrons. The predicted octanol–water partition coefficient (Wildman–Crippen LogP) is 2.89. The van der Waals surface area contributed by atoms with Gasteiger partial charge in [0.25, 0.3) is 0 Å². The standard InChI is InChI=1S/C14H27N3OS/c1-11(2)18-8-7-17(6)13-15-9-12(19-13)10-16-14(3,4)5/h9,11,16H,7-8,10H2,1-6H3. The predicted molar refractivity (Wildman–Crippen MR) is 83.1 cm³/mol. The van der Waals surface area contributed by atoms with E-state index in [1.807, 2.05) is 6.20 Å². The van der Waals surface area contributed by atoms with E-state index in [1.54, 1.807) is 11.3 Å². The van der Waals surface area contributed by atoms with Crippen LogP contribution in [-0.4, -0.2) is 36.8 Å². The highest BCUT2D eigenvalue weighted by atomic mass is 32.1. The summed E-state index contributed by atoms with van der Waals surface area (Å²) in [6, 6.07) is 0. The van der Waals surface area contributed by atoms with E-state index in [0.29, 0.717) is 0 Å². The fourth-order valence-electron chi connectivity index (χ4n) is 1.43. The molecule has 1 aromatic rings. The van der Waals surface area contributed by atoms with Gasteiger partial charge in [-0.25, -0.2) is 4.98 Å². The summed E-state index contributed by atoms with van der Waals surface area (Å²) in [5.74, 6) is 0. The Morgan fingerprint density at radius 1 is 1.42 bits per heavy atom. The molecule has 1 N–H and O–H groups in total. The number of anilines is 1. The molecule has 0 fully saturated rings. The van der Waals surface area contributed by atoms with Gasteiger partial charge in [0.1, 0.15) is 0 Å². The van der Waals surface area contributed by atoms with Crippen LogP contribution in [0.2, 0.25) is 0 Å². The van der Waals surface area contributed by atoms with Crippen LogP contribution >= 0.6 is 11.3 Å². The molecule has 110 valence electrons. The maximum absolute atomic E-state index is 5.56. The zero-order valence-electron chi connectivity index (χ0n) is 13.0. The average Bonchev–Trinajstić information content (AvgIpc) is 2.73. The molecule has 0 aliphatic rings. The van der Waals surface area contributed by atoms with E-state index in [0.717, 1.165) is 24.8 Å². The van der Waals surface area contributed by atoms with Crippen molar-refractivity contribution in [3.8, 4) is 0 Å². The minimum absolute atomic E-state index is 0.140. The summed E-state index contributed by atoms with van der Waals surface area (Å²) in [7, 11) is 2.06. The summed E-state index contributed by atoms with van der Waals surface area (Å²) < 4.78 is 5.56. The summed E-state index contributed by atoms with van der Waals surface area (Å²) in [5, 5.41) is 4.53. The molecule has 0 atom stereocenters. The maximum atomic E-state index is 5.56. The second kappa shape index (κ2) is 7.22. The Bertz CT molecular complexity index is 371. The monoisotopic (exact) mass is 285 g/mol. The largest absolute Gasteiger partial charge is 0.377 e. The number of hydrogen-bond donors (Lipinski definition) is 1. The lowest BCUT2D eigenvalue weighted by Crippen LogP contribution is -2.34. The van der Waals surface area contributed by atoms with Gasteiger partial charge < -0.3 is 15.0 Å². The fraction of sp³-hybridized carbons (Fsp3) is 0.786. The van der Waals surface area contributed by atoms with Crippen molar-refractivity contribution >= 4 is 16.5 Å². The Balaban J connectivity index is 2.40. The molecule has 0 saturated carbocycles. The third-order valence-corrected chi connectivity index (χ3v) is 3.65. The zero-order valence-corrected chi connectivity index (χ0v) is 13.8. The molecule has 0 saturated heterocycles. The Morgan fingerprint density at radius 2 is 2.11 bits per heavy atom. The van der Waals surface area contributed by atoms with Gasteiger partial charge in [-0.15, -0.1) is 11.3 Å². The Hall–Kier alpha value is -0.650. The van der Waals surface area contributed by atoms with Crippen molar-refractivity contribution in [3.63, 3.8) is 0 Å². The molecule has 0 unspecified atom stereocenters. The highest BCUT2D eigenvalue weighted by molar-refractivity contribution is 7.15. The molecule has 1 aromatic heterocycles. The number of ether oxygens (including phenoxy) is 1. The molecule has 0 bridgehead atoms. The molecule has 1 rings (SSSR count). The molecule has 19 heavy (non-hydrogen) atoms. The summed E-state index contributed by atoms with van der Waals surface area (Å²) in [5.41, 5.74) is 0.140. The van der Waals surface area contributed by atoms with Gasteiger partial charge in [-0.2, -0.15) is 0 Å². The topological polar surface area (TPSA) is 37.4 Å². The van der Waals surface area contributed by atoms with Crippen LogP contribution in [-0.2, 0) is 11.3 Å². The van der Waals surface area contributed by atoms with Gasteiger partial charge >= 0.3 is 0 Å². The van der Waals surface area contributed by atoms with Crippen LogP contribution in [0.1, 0.15) is 39.5 Å². The van der Waals surface area contributed by atoms with Crippen molar-refractivity contribution in [2.24, 2.45) is 0 Å². The van der Waals surface area contributed by atoms with E-state index < -0.39 is 0 Å². The second-order valence-corrected chi connectivity index (χ2v) is 7.15. The van der Waals surface area contributed by atoms with Gasteiger partial charge in [0, 0.05) is 36.8 Å². The molecule has 1 heterocycles. The summed E-state index contributed by atoms with van der Waals surface area (Å²) in [6.45, 7) is 13.1. The van der Waals surface area contributed by atoms with Crippen molar-refractivity contribution in [1.82, 2.24) is 10.3 Å². The van der Waals surface area contributed by atoms with Gasteiger partial charge in [-0.1, -0.05) is 0 Å². The molecular weight excluding hydrogens is 258 g/mol. The summed E-state index contributed by atoms with van der Waals surface area (Å²) in [6.07, 6.45) is 2.25. The van der Waals surface area contributed by atoms with Crippen LogP contribution in [0.4, 0.5) is 5.13 Å². The van der Waals surface area contributed by atoms with Gasteiger partial charge in [-0.05, 0) is 34.6 Å². The first-order valence-electron chi connectivity index (χ1n) is 6.80. The SMILES string of the molecule is CC(C)OCCN(C)c1ncc(CNC(C)(C)C)s1. The minimum atomic E-state index is 0.140. The van der Waals surface area contributed by atoms with E-state index in [2.05, 4.69) is 56.9 Å². The van der Waals surface area contributed by atoms with E-state index in [9.17, 15) is 0 Å². The van der Waals surface area contributed by atoms with Crippen molar-refractivity contribution in [2.75, 3.05) is 25.1 Å². The Morgan fingerprint density at radius 3 is 2.68 bits per heavy atom. The molecule has 0 amide bonds. The molecule has 0 aliphatic carbocycles. The third kappa shape index (κ3) is 6.89. The molecule has 0 aliphatic heterocycles. The highest BCUT2D eigenvalue weighted by Gasteiger charge is 2.11. The number of hydrogen-bond acceptors (Lipinski definition) is 5. The van der Waals surface area contributed by atoms with Crippen LogP contribution in [0, 0.1) is 0 Å². The van der Waals surface area contributed by atoms with E-state index in [-0.39, 0.29) is 11.6 Å². The van der Waals surface area contributed by atoms with Crippen LogP contribution in [0.25, 0.3) is 0 Å². The molecule has 4 nitrogen and oxygen atoms in total. The fourth-order valence-corrected chi connectivity index (χ4v) is 2.27. The molecule has 0 aromatic carbocycles. The number of thiazole rings is 1. The Kier molecular flexibility index (Phi) is 6.23. The van der Waals surface area contributed by atoms with Gasteiger partial charge in [-0.3, -0.25) is 0 Å². The van der Waals surface area contributed by atoms with Gasteiger partial charge in [0.15, 0.2) is 5.13 Å². The molecule has 0 spiro atoms. The lowest BCUT2D eigenvalue weighted by atomic mass is 10.1. The second-order valence-electron chi connectivity index (χ2n) is 6.05. The number of nitrogens with zero attached hydrogens (tertiary/aromatic N) is 2. The number of rotatable bonds is 7. The molecular formula is C14H27N3OS. The Labute approximate surface area is 121 Å². The number of aromatic nitrogens is 1. The minimum Gasteiger partial charge on any atom is -0.377 e. The smallest absolute Gasteiger partial charge is 0.185 e. The van der Waals surface area contributed by atoms with E-state index >= 15 is 0 Å². The molecule has 5 heteroatoms. The van der Waals surface area contributed by atoms with Crippen LogP contribution < -0.4 is 10.2 Å². The number of nitrogens with one attached hydrogen (secondary N) is 1. The van der Waals surface area contributed by atoms with Crippen LogP contribution in [0.3, 0.4) is 0 Å². The lowest BCUT2D eigenvalue weighted by molar-refractivity contribution is 0.0846. The first kappa shape index (κ1) is 16.4. The highest BCUT2D eigenvalue weighted by Crippen LogP contribution is 2.21. The number of likely N-dealkylation sites (N-methyl/N-ethyl adjacent to an activating group) is 1. The average molecular weight is 285 g/mol. The van der Waals surface area contributed by atoms with Crippen LogP contribution in [0.15, 0.2) is 6.20 Å². The maximum Gasteiger partial charge on any atom is 0.185 e. The zero-order chi connectivity index (χ0) is 14.5. The van der Waals surface area contributed by atoms with Gasteiger partial charge in [0.05, 0.1) is 12.7 Å². The van der Waals surface area contributed by atoms with Crippen molar-refractivity contribution in [1.29, 1.82) is 0 Å². The normalized spacial score (nSPS) is 12.2. The van der Waals surface area contributed by atoms with Gasteiger partial charge in [0.2, 0.25) is 0 Å². The quantitative estimate of drug-likeness (QED) is 0.836.